The standard InChI is InChI=1S/C33H43NO11/c1-18(40-23(35)11-12-24(36)44-30(2,3)4)28(37)41-21-13-14-33(39)22-17-19-9-10-20(42-29(38)45-31(5,6)7)26-25(19)32(33,27(21)43-26)15-16-34(22)8/h9-10,13,18,22,27,39H,11-12,14-17H2,1-8H3/t18?,22-,27+,32+,33-/m1/s1. The van der Waals surface area contributed by atoms with Crippen molar-refractivity contribution in [2.45, 2.75) is 121 Å². The van der Waals surface area contributed by atoms with E-state index in [0.717, 1.165) is 11.1 Å². The Morgan fingerprint density at radius 2 is 1.69 bits per heavy atom. The fourth-order valence-corrected chi connectivity index (χ4v) is 6.97. The van der Waals surface area contributed by atoms with Gasteiger partial charge in [0.05, 0.1) is 23.9 Å². The zero-order valence-corrected chi connectivity index (χ0v) is 27.2. The van der Waals surface area contributed by atoms with Crippen LogP contribution in [0.4, 0.5) is 4.79 Å². The zero-order chi connectivity index (χ0) is 33.1. The first kappa shape index (κ1) is 32.7. The number of hydrogen-bond acceptors (Lipinski definition) is 12. The van der Waals surface area contributed by atoms with E-state index in [4.69, 9.17) is 28.4 Å². The molecule has 2 bridgehead atoms. The Labute approximate surface area is 262 Å². The lowest BCUT2D eigenvalue weighted by atomic mass is 9.50. The second kappa shape index (κ2) is 11.3. The van der Waals surface area contributed by atoms with Crippen molar-refractivity contribution in [1.82, 2.24) is 4.90 Å². The molecule has 4 aliphatic rings. The molecule has 1 fully saturated rings. The Hall–Kier alpha value is -3.64. The molecular formula is C33H43NO11. The highest BCUT2D eigenvalue weighted by Crippen LogP contribution is 2.65. The molecule has 1 unspecified atom stereocenters. The highest BCUT2D eigenvalue weighted by molar-refractivity contribution is 5.82. The number of esters is 3. The van der Waals surface area contributed by atoms with Gasteiger partial charge in [-0.3, -0.25) is 9.59 Å². The number of hydrogen-bond donors (Lipinski definition) is 1. The average molecular weight is 630 g/mol. The number of nitrogens with zero attached hydrogens (tertiary/aromatic N) is 1. The van der Waals surface area contributed by atoms with Gasteiger partial charge in [-0.05, 0) is 92.6 Å². The van der Waals surface area contributed by atoms with Gasteiger partial charge >= 0.3 is 24.1 Å². The van der Waals surface area contributed by atoms with Crippen LogP contribution in [-0.4, -0.2) is 82.7 Å². The summed E-state index contributed by atoms with van der Waals surface area (Å²) in [4.78, 5) is 52.4. The van der Waals surface area contributed by atoms with Crippen LogP contribution in [0.5, 0.6) is 11.5 Å². The number of carbonyl (C=O) groups is 4. The van der Waals surface area contributed by atoms with Crippen molar-refractivity contribution >= 4 is 24.1 Å². The summed E-state index contributed by atoms with van der Waals surface area (Å²) in [5.41, 5.74) is -2.02. The minimum absolute atomic E-state index is 0.143. The van der Waals surface area contributed by atoms with Crippen LogP contribution in [0.25, 0.3) is 0 Å². The maximum Gasteiger partial charge on any atom is 0.514 e. The molecule has 0 aromatic heterocycles. The van der Waals surface area contributed by atoms with Crippen LogP contribution in [0, 0.1) is 0 Å². The van der Waals surface area contributed by atoms with Gasteiger partial charge in [0.25, 0.3) is 0 Å². The summed E-state index contributed by atoms with van der Waals surface area (Å²) in [6, 6.07) is 3.30. The van der Waals surface area contributed by atoms with E-state index in [-0.39, 0.29) is 36.8 Å². The van der Waals surface area contributed by atoms with Crippen molar-refractivity contribution in [1.29, 1.82) is 0 Å². The Kier molecular flexibility index (Phi) is 8.23. The van der Waals surface area contributed by atoms with Crippen molar-refractivity contribution in [3.8, 4) is 11.5 Å². The number of piperidine rings is 1. The lowest BCUT2D eigenvalue weighted by molar-refractivity contribution is -0.175. The molecule has 1 aromatic rings. The van der Waals surface area contributed by atoms with E-state index >= 15 is 0 Å². The predicted octanol–water partition coefficient (Wildman–Crippen LogP) is 3.88. The van der Waals surface area contributed by atoms with E-state index in [2.05, 4.69) is 4.90 Å². The third-order valence-corrected chi connectivity index (χ3v) is 8.73. The smallest absolute Gasteiger partial charge is 0.477 e. The zero-order valence-electron chi connectivity index (χ0n) is 27.2. The molecule has 5 atom stereocenters. The number of carbonyl (C=O) groups excluding carboxylic acids is 4. The molecule has 0 saturated carbocycles. The molecule has 2 aliphatic heterocycles. The second-order valence-electron chi connectivity index (χ2n) is 14.3. The molecule has 246 valence electrons. The maximum atomic E-state index is 13.2. The van der Waals surface area contributed by atoms with Gasteiger partial charge in [0, 0.05) is 18.0 Å². The van der Waals surface area contributed by atoms with Crippen LogP contribution in [-0.2, 0) is 45.2 Å². The number of benzene rings is 1. The van der Waals surface area contributed by atoms with E-state index in [1.54, 1.807) is 53.7 Å². The second-order valence-corrected chi connectivity index (χ2v) is 14.3. The SMILES string of the molecule is CC(OC(=O)CCC(=O)OC(C)(C)C)C(=O)OC1=CC[C@@]2(O)[C@H]3Cc4ccc(OC(=O)OC(C)(C)C)c5c4[C@@]2(CCN3C)[C@H]1O5. The Balaban J connectivity index is 1.37. The van der Waals surface area contributed by atoms with E-state index in [1.807, 2.05) is 13.1 Å². The fraction of sp³-hybridized carbons (Fsp3) is 0.636. The van der Waals surface area contributed by atoms with Gasteiger partial charge in [0.15, 0.2) is 23.7 Å². The summed E-state index contributed by atoms with van der Waals surface area (Å²) >= 11 is 0. The van der Waals surface area contributed by atoms with Gasteiger partial charge in [-0.25, -0.2) is 9.59 Å². The van der Waals surface area contributed by atoms with Gasteiger partial charge < -0.3 is 38.4 Å². The monoisotopic (exact) mass is 629 g/mol. The largest absolute Gasteiger partial charge is 0.514 e. The Morgan fingerprint density at radius 3 is 2.36 bits per heavy atom. The summed E-state index contributed by atoms with van der Waals surface area (Å²) < 4.78 is 33.8. The van der Waals surface area contributed by atoms with Crippen molar-refractivity contribution in [2.24, 2.45) is 0 Å². The molecule has 2 heterocycles. The van der Waals surface area contributed by atoms with Crippen LogP contribution >= 0.6 is 0 Å². The first-order valence-corrected chi connectivity index (χ1v) is 15.3. The van der Waals surface area contributed by atoms with E-state index < -0.39 is 58.5 Å². The number of ether oxygens (including phenoxy) is 6. The lowest BCUT2D eigenvalue weighted by Gasteiger charge is -2.61. The van der Waals surface area contributed by atoms with Crippen molar-refractivity contribution < 1.29 is 52.7 Å². The third kappa shape index (κ3) is 6.02. The van der Waals surface area contributed by atoms with Crippen molar-refractivity contribution in [3.05, 3.63) is 35.1 Å². The maximum absolute atomic E-state index is 13.2. The molecule has 1 aromatic carbocycles. The highest BCUT2D eigenvalue weighted by atomic mass is 16.7. The normalized spacial score (nSPS) is 27.3. The van der Waals surface area contributed by atoms with Gasteiger partial charge in [0.2, 0.25) is 0 Å². The number of aliphatic hydroxyl groups is 1. The summed E-state index contributed by atoms with van der Waals surface area (Å²) in [5, 5.41) is 12.4. The molecular weight excluding hydrogens is 586 g/mol. The van der Waals surface area contributed by atoms with Crippen LogP contribution in [0.15, 0.2) is 24.0 Å². The third-order valence-electron chi connectivity index (χ3n) is 8.73. The first-order valence-electron chi connectivity index (χ1n) is 15.3. The molecule has 0 radical (unpaired) electrons. The van der Waals surface area contributed by atoms with Crippen LogP contribution < -0.4 is 9.47 Å². The predicted molar refractivity (Wildman–Crippen MR) is 159 cm³/mol. The summed E-state index contributed by atoms with van der Waals surface area (Å²) in [6.45, 7) is 12.4. The van der Waals surface area contributed by atoms with Gasteiger partial charge in [0.1, 0.15) is 17.0 Å². The number of rotatable bonds is 7. The topological polar surface area (TPSA) is 147 Å². The van der Waals surface area contributed by atoms with E-state index in [1.165, 1.54) is 6.92 Å². The fourth-order valence-electron chi connectivity index (χ4n) is 6.97. The van der Waals surface area contributed by atoms with Crippen LogP contribution in [0.2, 0.25) is 0 Å². The van der Waals surface area contributed by atoms with E-state index in [0.29, 0.717) is 25.1 Å². The van der Waals surface area contributed by atoms with Gasteiger partial charge in [-0.1, -0.05) is 6.07 Å². The molecule has 1 spiro atoms. The molecule has 12 heteroatoms. The van der Waals surface area contributed by atoms with Gasteiger partial charge in [-0.2, -0.15) is 0 Å². The highest BCUT2D eigenvalue weighted by Gasteiger charge is 2.72. The minimum Gasteiger partial charge on any atom is -0.477 e. The lowest BCUT2D eigenvalue weighted by Crippen LogP contribution is -2.74. The van der Waals surface area contributed by atoms with Gasteiger partial charge in [-0.15, -0.1) is 0 Å². The summed E-state index contributed by atoms with van der Waals surface area (Å²) in [5.74, 6) is -1.51. The van der Waals surface area contributed by atoms with Crippen LogP contribution in [0.1, 0.15) is 85.3 Å². The molecule has 12 nitrogen and oxygen atoms in total. The minimum atomic E-state index is -1.28. The molecule has 45 heavy (non-hydrogen) atoms. The Morgan fingerprint density at radius 1 is 1.02 bits per heavy atom. The Bertz CT molecular complexity index is 1440. The van der Waals surface area contributed by atoms with Crippen molar-refractivity contribution in [3.63, 3.8) is 0 Å². The number of likely N-dealkylation sites (tertiary alicyclic amines) is 1. The van der Waals surface area contributed by atoms with Crippen LogP contribution in [0.3, 0.4) is 0 Å². The first-order chi connectivity index (χ1) is 20.8. The van der Waals surface area contributed by atoms with Crippen molar-refractivity contribution in [2.75, 3.05) is 13.6 Å². The molecule has 0 amide bonds. The molecule has 2 aliphatic carbocycles. The molecule has 1 saturated heterocycles. The average Bonchev–Trinajstić information content (AvgIpc) is 3.26. The number of likely N-dealkylation sites (N-methyl/N-ethyl adjacent to an activating group) is 1. The van der Waals surface area contributed by atoms with E-state index in [9.17, 15) is 24.3 Å². The summed E-state index contributed by atoms with van der Waals surface area (Å²) in [6.07, 6.45) is -0.665. The molecule has 1 N–H and O–H groups in total. The molecule has 5 rings (SSSR count). The summed E-state index contributed by atoms with van der Waals surface area (Å²) in [7, 11) is 1.98. The quantitative estimate of drug-likeness (QED) is 0.265.